The van der Waals surface area contributed by atoms with Crippen molar-refractivity contribution in [1.82, 2.24) is 15.1 Å². The Morgan fingerprint density at radius 1 is 1.10 bits per heavy atom. The average Bonchev–Trinajstić information content (AvgIpc) is 2.96. The molecule has 0 saturated carbocycles. The third-order valence-corrected chi connectivity index (χ3v) is 4.59. The molecule has 0 radical (unpaired) electrons. The van der Waals surface area contributed by atoms with Gasteiger partial charge in [-0.1, -0.05) is 17.2 Å². The van der Waals surface area contributed by atoms with Gasteiger partial charge in [0.05, 0.1) is 0 Å². The van der Waals surface area contributed by atoms with Gasteiger partial charge in [0, 0.05) is 50.9 Å². The Morgan fingerprint density at radius 3 is 2.43 bits per heavy atom. The number of hydrogen-bond donors (Lipinski definition) is 1. The van der Waals surface area contributed by atoms with Crippen LogP contribution in [0.4, 0.5) is 0 Å². The van der Waals surface area contributed by atoms with E-state index < -0.39 is 0 Å². The molecule has 2 aliphatic rings. The van der Waals surface area contributed by atoms with Gasteiger partial charge < -0.3 is 10.2 Å². The maximum Gasteiger partial charge on any atom is 0.253 e. The average molecular weight is 287 g/mol. The Bertz CT molecular complexity index is 503. The fourth-order valence-corrected chi connectivity index (χ4v) is 3.55. The topological polar surface area (TPSA) is 35.6 Å². The zero-order chi connectivity index (χ0) is 14.8. The van der Waals surface area contributed by atoms with E-state index in [-0.39, 0.29) is 5.91 Å². The summed E-state index contributed by atoms with van der Waals surface area (Å²) in [6.45, 7) is 10.2. The number of hydrogen-bond acceptors (Lipinski definition) is 3. The Hall–Kier alpha value is -1.39. The molecular formula is C17H25N3O. The predicted octanol–water partition coefficient (Wildman–Crippen LogP) is 1.42. The summed E-state index contributed by atoms with van der Waals surface area (Å²) in [5, 5.41) is 3.39. The first-order valence-corrected chi connectivity index (χ1v) is 7.96. The van der Waals surface area contributed by atoms with Crippen molar-refractivity contribution < 1.29 is 4.79 Å². The summed E-state index contributed by atoms with van der Waals surface area (Å²) in [5.41, 5.74) is 3.17. The minimum Gasteiger partial charge on any atom is -0.337 e. The summed E-state index contributed by atoms with van der Waals surface area (Å²) in [6.07, 6.45) is 1.11. The maximum absolute atomic E-state index is 12.7. The second kappa shape index (κ2) is 6.16. The molecule has 1 amide bonds. The van der Waals surface area contributed by atoms with E-state index in [2.05, 4.69) is 30.1 Å². The van der Waals surface area contributed by atoms with Gasteiger partial charge in [0.1, 0.15) is 0 Å². The molecule has 1 aromatic rings. The monoisotopic (exact) mass is 287 g/mol. The maximum atomic E-state index is 12.7. The van der Waals surface area contributed by atoms with Gasteiger partial charge in [0.2, 0.25) is 0 Å². The summed E-state index contributed by atoms with van der Waals surface area (Å²) >= 11 is 0. The number of rotatable bonds is 2. The molecule has 2 saturated heterocycles. The summed E-state index contributed by atoms with van der Waals surface area (Å²) < 4.78 is 0. The smallest absolute Gasteiger partial charge is 0.253 e. The van der Waals surface area contributed by atoms with E-state index in [1.165, 1.54) is 0 Å². The molecule has 2 aliphatic heterocycles. The zero-order valence-corrected chi connectivity index (χ0v) is 13.1. The number of amides is 1. The number of likely N-dealkylation sites (tertiary alicyclic amines) is 1. The second-order valence-electron chi connectivity index (χ2n) is 6.36. The Balaban J connectivity index is 1.66. The number of nitrogens with zero attached hydrogens (tertiary/aromatic N) is 2. The summed E-state index contributed by atoms with van der Waals surface area (Å²) in [4.78, 5) is 17.2. The first-order valence-electron chi connectivity index (χ1n) is 7.96. The summed E-state index contributed by atoms with van der Waals surface area (Å²) in [5.74, 6) is 0.194. The standard InChI is InChI=1S/C17H25N3O/c1-13-9-14(2)11-15(10-13)17(21)20-6-3-16(12-20)19-7-4-18-5-8-19/h9-11,16,18H,3-8,12H2,1-2H3. The Kier molecular flexibility index (Phi) is 4.27. The minimum atomic E-state index is 0.194. The van der Waals surface area contributed by atoms with Crippen LogP contribution in [0.5, 0.6) is 0 Å². The fourth-order valence-electron chi connectivity index (χ4n) is 3.55. The van der Waals surface area contributed by atoms with Crippen molar-refractivity contribution in [1.29, 1.82) is 0 Å². The second-order valence-corrected chi connectivity index (χ2v) is 6.36. The van der Waals surface area contributed by atoms with Crippen molar-refractivity contribution in [3.63, 3.8) is 0 Å². The lowest BCUT2D eigenvalue weighted by Gasteiger charge is -2.32. The van der Waals surface area contributed by atoms with E-state index in [0.29, 0.717) is 6.04 Å². The highest BCUT2D eigenvalue weighted by molar-refractivity contribution is 5.94. The highest BCUT2D eigenvalue weighted by Crippen LogP contribution is 2.19. The molecule has 4 heteroatoms. The number of aryl methyl sites for hydroxylation is 2. The number of carbonyl (C=O) groups excluding carboxylic acids is 1. The van der Waals surface area contributed by atoms with E-state index in [4.69, 9.17) is 0 Å². The minimum absolute atomic E-state index is 0.194. The third kappa shape index (κ3) is 3.27. The largest absolute Gasteiger partial charge is 0.337 e. The van der Waals surface area contributed by atoms with Crippen molar-refractivity contribution in [2.45, 2.75) is 26.3 Å². The van der Waals surface area contributed by atoms with E-state index in [0.717, 1.165) is 62.4 Å². The van der Waals surface area contributed by atoms with Crippen LogP contribution in [-0.2, 0) is 0 Å². The van der Waals surface area contributed by atoms with Crippen LogP contribution in [0.2, 0.25) is 0 Å². The van der Waals surface area contributed by atoms with Crippen LogP contribution < -0.4 is 5.32 Å². The molecule has 21 heavy (non-hydrogen) atoms. The Morgan fingerprint density at radius 2 is 1.76 bits per heavy atom. The van der Waals surface area contributed by atoms with E-state index in [1.54, 1.807) is 0 Å². The van der Waals surface area contributed by atoms with Gasteiger partial charge in [-0.15, -0.1) is 0 Å². The van der Waals surface area contributed by atoms with Crippen molar-refractivity contribution in [2.75, 3.05) is 39.3 Å². The lowest BCUT2D eigenvalue weighted by Crippen LogP contribution is -2.49. The third-order valence-electron chi connectivity index (χ3n) is 4.59. The molecule has 0 bridgehead atoms. The molecule has 1 N–H and O–H groups in total. The zero-order valence-electron chi connectivity index (χ0n) is 13.1. The van der Waals surface area contributed by atoms with Crippen molar-refractivity contribution in [3.05, 3.63) is 34.9 Å². The van der Waals surface area contributed by atoms with E-state index in [1.807, 2.05) is 17.0 Å². The van der Waals surface area contributed by atoms with Crippen LogP contribution in [-0.4, -0.2) is 61.0 Å². The van der Waals surface area contributed by atoms with Crippen molar-refractivity contribution in [3.8, 4) is 0 Å². The lowest BCUT2D eigenvalue weighted by atomic mass is 10.1. The SMILES string of the molecule is Cc1cc(C)cc(C(=O)N2CCC(N3CCNCC3)C2)c1. The predicted molar refractivity (Wildman–Crippen MR) is 84.7 cm³/mol. The quantitative estimate of drug-likeness (QED) is 0.893. The van der Waals surface area contributed by atoms with Gasteiger partial charge in [-0.05, 0) is 32.4 Å². The molecule has 2 heterocycles. The van der Waals surface area contributed by atoms with Gasteiger partial charge in [0.15, 0.2) is 0 Å². The molecule has 114 valence electrons. The van der Waals surface area contributed by atoms with E-state index >= 15 is 0 Å². The summed E-state index contributed by atoms with van der Waals surface area (Å²) in [7, 11) is 0. The fraction of sp³-hybridized carbons (Fsp3) is 0.588. The molecule has 0 aromatic heterocycles. The molecule has 3 rings (SSSR count). The molecule has 1 aromatic carbocycles. The van der Waals surface area contributed by atoms with Gasteiger partial charge in [-0.25, -0.2) is 0 Å². The van der Waals surface area contributed by atoms with E-state index in [9.17, 15) is 4.79 Å². The molecule has 0 aliphatic carbocycles. The highest BCUT2D eigenvalue weighted by atomic mass is 16.2. The molecule has 2 fully saturated rings. The van der Waals surface area contributed by atoms with Crippen molar-refractivity contribution in [2.24, 2.45) is 0 Å². The molecular weight excluding hydrogens is 262 g/mol. The molecule has 1 atom stereocenters. The van der Waals surface area contributed by atoms with Gasteiger partial charge in [0.25, 0.3) is 5.91 Å². The Labute approximate surface area is 127 Å². The van der Waals surface area contributed by atoms with Crippen LogP contribution in [0.3, 0.4) is 0 Å². The van der Waals surface area contributed by atoms with Crippen LogP contribution in [0.15, 0.2) is 18.2 Å². The molecule has 1 unspecified atom stereocenters. The van der Waals surface area contributed by atoms with Crippen LogP contribution in [0.1, 0.15) is 27.9 Å². The molecule has 4 nitrogen and oxygen atoms in total. The number of nitrogens with one attached hydrogen (secondary N) is 1. The number of benzene rings is 1. The first-order chi connectivity index (χ1) is 10.1. The van der Waals surface area contributed by atoms with Gasteiger partial charge in [-0.3, -0.25) is 9.69 Å². The lowest BCUT2D eigenvalue weighted by molar-refractivity contribution is 0.0773. The highest BCUT2D eigenvalue weighted by Gasteiger charge is 2.31. The van der Waals surface area contributed by atoms with Crippen LogP contribution in [0.25, 0.3) is 0 Å². The molecule has 0 spiro atoms. The normalized spacial score (nSPS) is 23.5. The van der Waals surface area contributed by atoms with Gasteiger partial charge >= 0.3 is 0 Å². The number of piperazine rings is 1. The number of carbonyl (C=O) groups is 1. The van der Waals surface area contributed by atoms with Crippen LogP contribution >= 0.6 is 0 Å². The first kappa shape index (κ1) is 14.5. The van der Waals surface area contributed by atoms with Gasteiger partial charge in [-0.2, -0.15) is 0 Å². The van der Waals surface area contributed by atoms with Crippen LogP contribution in [0, 0.1) is 13.8 Å². The van der Waals surface area contributed by atoms with Crippen molar-refractivity contribution >= 4 is 5.91 Å². The summed E-state index contributed by atoms with van der Waals surface area (Å²) in [6, 6.07) is 6.67.